The number of hydrogen-bond acceptors (Lipinski definition) is 2. The van der Waals surface area contributed by atoms with E-state index in [2.05, 4.69) is 13.8 Å². The molecule has 0 saturated carbocycles. The van der Waals surface area contributed by atoms with Gasteiger partial charge in [0.2, 0.25) is 0 Å². The van der Waals surface area contributed by atoms with E-state index in [1.165, 1.54) is 0 Å². The summed E-state index contributed by atoms with van der Waals surface area (Å²) in [6.07, 6.45) is 0. The number of nitrogens with zero attached hydrogens (tertiary/aromatic N) is 2. The van der Waals surface area contributed by atoms with Crippen LogP contribution >= 0.6 is 0 Å². The summed E-state index contributed by atoms with van der Waals surface area (Å²) in [6.45, 7) is 4.88. The molecule has 0 aliphatic rings. The number of rotatable bonds is 3. The Morgan fingerprint density at radius 2 is 1.94 bits per heavy atom. The third-order valence-corrected chi connectivity index (χ3v) is 2.25. The molecule has 1 aromatic rings. The first-order chi connectivity index (χ1) is 7.54. The van der Waals surface area contributed by atoms with Crippen molar-refractivity contribution in [3.63, 3.8) is 0 Å². The van der Waals surface area contributed by atoms with Gasteiger partial charge in [0, 0.05) is 19.2 Å². The average molecular weight is 216 g/mol. The zero-order chi connectivity index (χ0) is 12.1. The maximum absolute atomic E-state index is 11.9. The molecule has 0 bridgehead atoms. The molecule has 3 heteroatoms. The second-order valence-corrected chi connectivity index (χ2v) is 4.27. The van der Waals surface area contributed by atoms with E-state index in [0.29, 0.717) is 17.0 Å². The van der Waals surface area contributed by atoms with E-state index in [9.17, 15) is 4.79 Å². The quantitative estimate of drug-likeness (QED) is 0.778. The molecule has 1 aromatic carbocycles. The van der Waals surface area contributed by atoms with Crippen LogP contribution in [-0.4, -0.2) is 24.4 Å². The average Bonchev–Trinajstić information content (AvgIpc) is 2.27. The molecule has 3 nitrogen and oxygen atoms in total. The van der Waals surface area contributed by atoms with Crippen molar-refractivity contribution in [1.29, 1.82) is 5.26 Å². The van der Waals surface area contributed by atoms with Crippen LogP contribution in [0.2, 0.25) is 0 Å². The molecule has 0 fully saturated rings. The molecule has 0 saturated heterocycles. The van der Waals surface area contributed by atoms with E-state index in [1.807, 2.05) is 6.07 Å². The molecule has 1 rings (SSSR count). The van der Waals surface area contributed by atoms with Gasteiger partial charge in [-0.3, -0.25) is 4.79 Å². The van der Waals surface area contributed by atoms with Gasteiger partial charge in [-0.25, -0.2) is 0 Å². The van der Waals surface area contributed by atoms with Crippen molar-refractivity contribution < 1.29 is 4.79 Å². The SMILES string of the molecule is CC(C)CN(C)C(=O)c1ccc(C#N)cc1. The summed E-state index contributed by atoms with van der Waals surface area (Å²) >= 11 is 0. The number of carbonyl (C=O) groups excluding carboxylic acids is 1. The minimum atomic E-state index is -0.00168. The highest BCUT2D eigenvalue weighted by Crippen LogP contribution is 2.07. The topological polar surface area (TPSA) is 44.1 Å². The molecule has 0 spiro atoms. The zero-order valence-electron chi connectivity index (χ0n) is 9.90. The van der Waals surface area contributed by atoms with E-state index >= 15 is 0 Å². The summed E-state index contributed by atoms with van der Waals surface area (Å²) in [4.78, 5) is 13.6. The van der Waals surface area contributed by atoms with E-state index in [4.69, 9.17) is 5.26 Å². The highest BCUT2D eigenvalue weighted by Gasteiger charge is 2.12. The Balaban J connectivity index is 2.77. The Morgan fingerprint density at radius 1 is 1.38 bits per heavy atom. The molecule has 16 heavy (non-hydrogen) atoms. The van der Waals surface area contributed by atoms with Gasteiger partial charge in [-0.1, -0.05) is 13.8 Å². The minimum Gasteiger partial charge on any atom is -0.341 e. The van der Waals surface area contributed by atoms with E-state index < -0.39 is 0 Å². The number of hydrogen-bond donors (Lipinski definition) is 0. The first-order valence-corrected chi connectivity index (χ1v) is 5.30. The van der Waals surface area contributed by atoms with Crippen LogP contribution in [0.15, 0.2) is 24.3 Å². The molecule has 0 unspecified atom stereocenters. The lowest BCUT2D eigenvalue weighted by atomic mass is 10.1. The van der Waals surface area contributed by atoms with Gasteiger partial charge in [-0.05, 0) is 30.2 Å². The third-order valence-electron chi connectivity index (χ3n) is 2.25. The van der Waals surface area contributed by atoms with E-state index in [-0.39, 0.29) is 5.91 Å². The summed E-state index contributed by atoms with van der Waals surface area (Å²) in [5.74, 6) is 0.450. The molecule has 0 aliphatic carbocycles. The summed E-state index contributed by atoms with van der Waals surface area (Å²) in [6, 6.07) is 8.74. The van der Waals surface area contributed by atoms with Crippen LogP contribution in [0.25, 0.3) is 0 Å². The van der Waals surface area contributed by atoms with Crippen LogP contribution < -0.4 is 0 Å². The van der Waals surface area contributed by atoms with Crippen LogP contribution in [0.1, 0.15) is 29.8 Å². The lowest BCUT2D eigenvalue weighted by Crippen LogP contribution is -2.30. The van der Waals surface area contributed by atoms with Crippen molar-refractivity contribution >= 4 is 5.91 Å². The fourth-order valence-electron chi connectivity index (χ4n) is 1.54. The maximum atomic E-state index is 11.9. The Bertz CT molecular complexity index is 401. The van der Waals surface area contributed by atoms with Gasteiger partial charge in [0.25, 0.3) is 5.91 Å². The van der Waals surface area contributed by atoms with E-state index in [1.54, 1.807) is 36.2 Å². The first-order valence-electron chi connectivity index (χ1n) is 5.30. The molecule has 0 heterocycles. The van der Waals surface area contributed by atoms with Gasteiger partial charge in [0.05, 0.1) is 11.6 Å². The van der Waals surface area contributed by atoms with Crippen LogP contribution in [0, 0.1) is 17.2 Å². The van der Waals surface area contributed by atoms with Crippen LogP contribution in [0.3, 0.4) is 0 Å². The molecule has 0 N–H and O–H groups in total. The monoisotopic (exact) mass is 216 g/mol. The van der Waals surface area contributed by atoms with Gasteiger partial charge >= 0.3 is 0 Å². The highest BCUT2D eigenvalue weighted by molar-refractivity contribution is 5.94. The number of carbonyl (C=O) groups is 1. The highest BCUT2D eigenvalue weighted by atomic mass is 16.2. The maximum Gasteiger partial charge on any atom is 0.253 e. The van der Waals surface area contributed by atoms with Gasteiger partial charge in [-0.2, -0.15) is 5.26 Å². The molecule has 0 aliphatic heterocycles. The smallest absolute Gasteiger partial charge is 0.253 e. The second kappa shape index (κ2) is 5.32. The Morgan fingerprint density at radius 3 is 2.38 bits per heavy atom. The Hall–Kier alpha value is -1.82. The van der Waals surface area contributed by atoms with Crippen molar-refractivity contribution in [2.45, 2.75) is 13.8 Å². The number of nitriles is 1. The van der Waals surface area contributed by atoms with Crippen molar-refractivity contribution in [3.8, 4) is 6.07 Å². The second-order valence-electron chi connectivity index (χ2n) is 4.27. The van der Waals surface area contributed by atoms with Gasteiger partial charge < -0.3 is 4.90 Å². The van der Waals surface area contributed by atoms with Crippen LogP contribution in [0.4, 0.5) is 0 Å². The van der Waals surface area contributed by atoms with Crippen molar-refractivity contribution in [2.24, 2.45) is 5.92 Å². The normalized spacial score (nSPS) is 9.94. The third kappa shape index (κ3) is 3.09. The molecule has 0 aromatic heterocycles. The predicted octanol–water partition coefficient (Wildman–Crippen LogP) is 2.29. The standard InChI is InChI=1S/C13H16N2O/c1-10(2)9-15(3)13(16)12-6-4-11(8-14)5-7-12/h4-7,10H,9H2,1-3H3. The molecule has 0 atom stereocenters. The minimum absolute atomic E-state index is 0.00168. The Labute approximate surface area is 96.3 Å². The fraction of sp³-hybridized carbons (Fsp3) is 0.385. The van der Waals surface area contributed by atoms with Gasteiger partial charge in [0.15, 0.2) is 0 Å². The molecular formula is C13H16N2O. The first kappa shape index (κ1) is 12.3. The fourth-order valence-corrected chi connectivity index (χ4v) is 1.54. The van der Waals surface area contributed by atoms with Gasteiger partial charge in [0.1, 0.15) is 0 Å². The molecule has 0 radical (unpaired) electrons. The van der Waals surface area contributed by atoms with Crippen molar-refractivity contribution in [3.05, 3.63) is 35.4 Å². The number of benzene rings is 1. The molecular weight excluding hydrogens is 200 g/mol. The summed E-state index contributed by atoms with van der Waals surface area (Å²) < 4.78 is 0. The molecule has 1 amide bonds. The van der Waals surface area contributed by atoms with E-state index in [0.717, 1.165) is 6.54 Å². The largest absolute Gasteiger partial charge is 0.341 e. The number of amides is 1. The van der Waals surface area contributed by atoms with Crippen molar-refractivity contribution in [2.75, 3.05) is 13.6 Å². The Kier molecular flexibility index (Phi) is 4.07. The zero-order valence-corrected chi connectivity index (χ0v) is 9.90. The summed E-state index contributed by atoms with van der Waals surface area (Å²) in [5, 5.41) is 8.65. The summed E-state index contributed by atoms with van der Waals surface area (Å²) in [5.41, 5.74) is 1.20. The predicted molar refractivity (Wildman–Crippen MR) is 63.0 cm³/mol. The lowest BCUT2D eigenvalue weighted by molar-refractivity contribution is 0.0779. The van der Waals surface area contributed by atoms with Crippen molar-refractivity contribution in [1.82, 2.24) is 4.90 Å². The van der Waals surface area contributed by atoms with Crippen LogP contribution in [0.5, 0.6) is 0 Å². The molecule has 84 valence electrons. The lowest BCUT2D eigenvalue weighted by Gasteiger charge is -2.19. The van der Waals surface area contributed by atoms with Crippen LogP contribution in [-0.2, 0) is 0 Å². The summed E-state index contributed by atoms with van der Waals surface area (Å²) in [7, 11) is 1.79. The van der Waals surface area contributed by atoms with Gasteiger partial charge in [-0.15, -0.1) is 0 Å².